The van der Waals surface area contributed by atoms with E-state index >= 15 is 8.78 Å². The van der Waals surface area contributed by atoms with E-state index in [1.165, 1.54) is 6.92 Å². The Labute approximate surface area is 257 Å². The van der Waals surface area contributed by atoms with E-state index in [0.29, 0.717) is 38.9 Å². The molecule has 1 aromatic carbocycles. The number of alkyl halides is 5. The molecule has 0 aromatic heterocycles. The summed E-state index contributed by atoms with van der Waals surface area (Å²) in [6, 6.07) is 7.88. The zero-order valence-electron chi connectivity index (χ0n) is 26.7. The molecule has 0 bridgehead atoms. The van der Waals surface area contributed by atoms with Crippen molar-refractivity contribution in [2.45, 2.75) is 133 Å². The topological polar surface area (TPSA) is 58.9 Å². The van der Waals surface area contributed by atoms with Gasteiger partial charge in [0.05, 0.1) is 18.8 Å². The molecule has 1 aliphatic heterocycles. The first-order chi connectivity index (χ1) is 20.1. The van der Waals surface area contributed by atoms with Gasteiger partial charge in [-0.15, -0.1) is 0 Å². The van der Waals surface area contributed by atoms with Crippen LogP contribution >= 0.6 is 0 Å². The molecule has 0 radical (unpaired) electrons. The van der Waals surface area contributed by atoms with Crippen LogP contribution in [0.1, 0.15) is 110 Å². The van der Waals surface area contributed by atoms with Gasteiger partial charge in [0, 0.05) is 29.6 Å². The molecule has 5 unspecified atom stereocenters. The maximum atomic E-state index is 15.3. The number of rotatable bonds is 2. The number of hydrogen-bond donors (Lipinski definition) is 2. The second kappa shape index (κ2) is 9.74. The minimum Gasteiger partial charge on any atom is -0.385 e. The van der Waals surface area contributed by atoms with Gasteiger partial charge in [-0.1, -0.05) is 71.4 Å². The second-order valence-electron chi connectivity index (χ2n) is 16.6. The van der Waals surface area contributed by atoms with Crippen LogP contribution in [0.3, 0.4) is 0 Å². The van der Waals surface area contributed by atoms with Gasteiger partial charge in [0.15, 0.2) is 5.79 Å². The molecular formula is C35H47F5O4. The lowest BCUT2D eigenvalue weighted by atomic mass is 9.49. The number of aliphatic hydroxyl groups is 2. The third kappa shape index (κ3) is 4.64. The lowest BCUT2D eigenvalue weighted by Crippen LogP contribution is -2.65. The quantitative estimate of drug-likeness (QED) is 0.257. The van der Waals surface area contributed by atoms with E-state index in [2.05, 4.69) is 34.6 Å². The zero-order chi connectivity index (χ0) is 32.4. The number of benzene rings is 1. The van der Waals surface area contributed by atoms with E-state index in [-0.39, 0.29) is 36.0 Å². The summed E-state index contributed by atoms with van der Waals surface area (Å²) < 4.78 is 84.8. The van der Waals surface area contributed by atoms with Crippen LogP contribution < -0.4 is 0 Å². The molecule has 3 saturated carbocycles. The number of fused-ring (bicyclic) bond motifs is 4. The summed E-state index contributed by atoms with van der Waals surface area (Å²) in [4.78, 5) is 0. The van der Waals surface area contributed by atoms with Crippen molar-refractivity contribution in [3.05, 3.63) is 46.5 Å². The first-order valence-electron chi connectivity index (χ1n) is 16.1. The molecule has 1 saturated heterocycles. The Morgan fingerprint density at radius 2 is 1.45 bits per heavy atom. The van der Waals surface area contributed by atoms with Crippen molar-refractivity contribution in [2.75, 3.05) is 13.2 Å². The normalized spacial score (nSPS) is 38.7. The van der Waals surface area contributed by atoms with E-state index in [4.69, 9.17) is 9.47 Å². The Balaban J connectivity index is 1.46. The van der Waals surface area contributed by atoms with Crippen molar-refractivity contribution in [2.24, 2.45) is 22.7 Å². The fourth-order valence-corrected chi connectivity index (χ4v) is 9.52. The Morgan fingerprint density at radius 1 is 0.841 bits per heavy atom. The SMILES string of the molecule is CC1(C)COC2(CCC3=C4C(CCC3(O)C2)C2CCC(O)(C(F)(F)C(F)(F)F)C2(C)C[C@@H]4c2ccc(C(C)(C)C)cc2)OC1. The van der Waals surface area contributed by atoms with Crippen molar-refractivity contribution in [1.29, 1.82) is 0 Å². The molecule has 5 aliphatic rings. The third-order valence-corrected chi connectivity index (χ3v) is 12.1. The van der Waals surface area contributed by atoms with Crippen molar-refractivity contribution in [1.82, 2.24) is 0 Å². The maximum Gasteiger partial charge on any atom is 0.456 e. The summed E-state index contributed by atoms with van der Waals surface area (Å²) in [6.45, 7) is 12.8. The predicted octanol–water partition coefficient (Wildman–Crippen LogP) is 8.21. The largest absolute Gasteiger partial charge is 0.456 e. The Hall–Kier alpha value is -1.55. The van der Waals surface area contributed by atoms with Crippen LogP contribution in [0.15, 0.2) is 35.4 Å². The van der Waals surface area contributed by atoms with Gasteiger partial charge in [-0.05, 0) is 72.5 Å². The predicted molar refractivity (Wildman–Crippen MR) is 156 cm³/mol. The fourth-order valence-electron chi connectivity index (χ4n) is 9.52. The highest BCUT2D eigenvalue weighted by Gasteiger charge is 2.79. The monoisotopic (exact) mass is 626 g/mol. The third-order valence-electron chi connectivity index (χ3n) is 12.1. The van der Waals surface area contributed by atoms with Crippen LogP contribution in [0.5, 0.6) is 0 Å². The van der Waals surface area contributed by atoms with Gasteiger partial charge in [-0.2, -0.15) is 22.0 Å². The van der Waals surface area contributed by atoms with Crippen molar-refractivity contribution in [3.63, 3.8) is 0 Å². The van der Waals surface area contributed by atoms with Gasteiger partial charge in [0.1, 0.15) is 5.60 Å². The number of hydrogen-bond acceptors (Lipinski definition) is 4. The van der Waals surface area contributed by atoms with Gasteiger partial charge in [0.25, 0.3) is 0 Å². The minimum atomic E-state index is -5.87. The summed E-state index contributed by atoms with van der Waals surface area (Å²) in [5.41, 5.74) is -2.71. The average Bonchev–Trinajstić information content (AvgIpc) is 3.20. The summed E-state index contributed by atoms with van der Waals surface area (Å²) >= 11 is 0. The summed E-state index contributed by atoms with van der Waals surface area (Å²) in [5.74, 6) is -7.58. The lowest BCUT2D eigenvalue weighted by molar-refractivity contribution is -0.362. The van der Waals surface area contributed by atoms with Crippen LogP contribution in [0, 0.1) is 22.7 Å². The van der Waals surface area contributed by atoms with Crippen molar-refractivity contribution in [3.8, 4) is 0 Å². The van der Waals surface area contributed by atoms with E-state index in [9.17, 15) is 23.4 Å². The zero-order valence-corrected chi connectivity index (χ0v) is 26.7. The first-order valence-corrected chi connectivity index (χ1v) is 16.1. The highest BCUT2D eigenvalue weighted by molar-refractivity contribution is 5.45. The summed E-state index contributed by atoms with van der Waals surface area (Å²) in [5, 5.41) is 23.8. The van der Waals surface area contributed by atoms with Gasteiger partial charge in [-0.25, -0.2) is 0 Å². The van der Waals surface area contributed by atoms with Crippen LogP contribution in [0.2, 0.25) is 0 Å². The summed E-state index contributed by atoms with van der Waals surface area (Å²) in [7, 11) is 0. The highest BCUT2D eigenvalue weighted by Crippen LogP contribution is 2.71. The Morgan fingerprint density at radius 3 is 2.02 bits per heavy atom. The van der Waals surface area contributed by atoms with E-state index in [1.54, 1.807) is 0 Å². The van der Waals surface area contributed by atoms with Crippen LogP contribution in [0.25, 0.3) is 0 Å². The first kappa shape index (κ1) is 32.4. The molecule has 4 aliphatic carbocycles. The van der Waals surface area contributed by atoms with E-state index in [1.807, 2.05) is 24.3 Å². The molecule has 6 rings (SSSR count). The van der Waals surface area contributed by atoms with Gasteiger partial charge in [-0.3, -0.25) is 0 Å². The molecule has 4 fully saturated rings. The van der Waals surface area contributed by atoms with E-state index < -0.39 is 52.8 Å². The molecule has 2 N–H and O–H groups in total. The molecule has 44 heavy (non-hydrogen) atoms. The standard InChI is InChI=1S/C35H47F5O4/c1-28(2,3)22-9-7-21(8-10-22)24-17-30(6)25(13-16-33(30,42)34(36,37)35(38,39)40)23-11-14-31(41)18-32(15-12-26(31)27(23)24)43-19-29(4,5)20-44-32/h7-10,23-25,41-42H,11-20H2,1-6H3/t23?,24-,25?,30?,31?,33?/m1/s1. The van der Waals surface area contributed by atoms with Crippen molar-refractivity contribution < 1.29 is 41.6 Å². The lowest BCUT2D eigenvalue weighted by Gasteiger charge is -2.59. The molecule has 9 heteroatoms. The Kier molecular flexibility index (Phi) is 7.17. The molecule has 0 amide bonds. The van der Waals surface area contributed by atoms with Crippen LogP contribution in [-0.2, 0) is 14.9 Å². The molecule has 1 spiro atoms. The number of ether oxygens (including phenoxy) is 2. The van der Waals surface area contributed by atoms with Crippen LogP contribution in [-0.4, -0.2) is 52.5 Å². The Bertz CT molecular complexity index is 1320. The molecular weight excluding hydrogens is 579 g/mol. The molecule has 1 heterocycles. The molecule has 246 valence electrons. The minimum absolute atomic E-state index is 0.0630. The molecule has 1 aromatic rings. The van der Waals surface area contributed by atoms with Crippen molar-refractivity contribution >= 4 is 0 Å². The number of allylic oxidation sites excluding steroid dienone is 1. The van der Waals surface area contributed by atoms with Gasteiger partial charge >= 0.3 is 12.1 Å². The van der Waals surface area contributed by atoms with Gasteiger partial charge in [0.2, 0.25) is 0 Å². The highest BCUT2D eigenvalue weighted by atomic mass is 19.4. The van der Waals surface area contributed by atoms with E-state index in [0.717, 1.165) is 22.3 Å². The molecule has 4 nitrogen and oxygen atoms in total. The number of halogens is 5. The smallest absolute Gasteiger partial charge is 0.385 e. The average molecular weight is 627 g/mol. The molecule has 6 atom stereocenters. The maximum absolute atomic E-state index is 15.3. The van der Waals surface area contributed by atoms with Gasteiger partial charge < -0.3 is 19.7 Å². The summed E-state index contributed by atoms with van der Waals surface area (Å²) in [6.07, 6.45) is -4.44. The van der Waals surface area contributed by atoms with Crippen LogP contribution in [0.4, 0.5) is 22.0 Å². The second-order valence-corrected chi connectivity index (χ2v) is 16.6. The fraction of sp³-hybridized carbons (Fsp3) is 0.771.